The summed E-state index contributed by atoms with van der Waals surface area (Å²) in [5, 5.41) is 14.6. The molecule has 0 fully saturated rings. The van der Waals surface area contributed by atoms with Gasteiger partial charge in [-0.3, -0.25) is 9.48 Å². The van der Waals surface area contributed by atoms with E-state index in [1.54, 1.807) is 0 Å². The van der Waals surface area contributed by atoms with Crippen molar-refractivity contribution >= 4 is 22.4 Å². The molecule has 0 aliphatic carbocycles. The van der Waals surface area contributed by atoms with Gasteiger partial charge in [0.2, 0.25) is 5.91 Å². The molecule has 3 aromatic rings. The average molecular weight is 402 g/mol. The highest BCUT2D eigenvalue weighted by Gasteiger charge is 2.20. The molecule has 0 unspecified atom stereocenters. The van der Waals surface area contributed by atoms with Crippen molar-refractivity contribution in [3.63, 3.8) is 0 Å². The lowest BCUT2D eigenvalue weighted by molar-refractivity contribution is -0.130. The van der Waals surface area contributed by atoms with Crippen LogP contribution in [0.2, 0.25) is 0 Å². The maximum Gasteiger partial charge on any atom is 0.223 e. The first-order valence-corrected chi connectivity index (χ1v) is 10.5. The van der Waals surface area contributed by atoms with Gasteiger partial charge in [-0.25, -0.2) is 0 Å². The molecule has 30 heavy (non-hydrogen) atoms. The zero-order chi connectivity index (χ0) is 21.1. The fraction of sp³-hybridized carbons (Fsp3) is 0.375. The van der Waals surface area contributed by atoms with Crippen LogP contribution in [0.4, 0.5) is 0 Å². The summed E-state index contributed by atoms with van der Waals surface area (Å²) in [6.45, 7) is 6.02. The van der Waals surface area contributed by atoms with Gasteiger partial charge in [0.1, 0.15) is 0 Å². The molecule has 4 rings (SSSR count). The second-order valence-electron chi connectivity index (χ2n) is 7.85. The molecule has 1 N–H and O–H groups in total. The second-order valence-corrected chi connectivity index (χ2v) is 7.85. The Labute approximate surface area is 176 Å². The summed E-state index contributed by atoms with van der Waals surface area (Å²) < 4.78 is 1.88. The van der Waals surface area contributed by atoms with Crippen molar-refractivity contribution < 1.29 is 4.79 Å². The van der Waals surface area contributed by atoms with Crippen molar-refractivity contribution in [3.05, 3.63) is 59.1 Å². The smallest absolute Gasteiger partial charge is 0.223 e. The number of fused-ring (bicyclic) bond motifs is 1. The highest BCUT2D eigenvalue weighted by molar-refractivity contribution is 5.93. The van der Waals surface area contributed by atoms with Crippen molar-refractivity contribution in [2.45, 2.75) is 46.1 Å². The van der Waals surface area contributed by atoms with Gasteiger partial charge >= 0.3 is 0 Å². The van der Waals surface area contributed by atoms with Crippen LogP contribution < -0.4 is 0 Å². The Kier molecular flexibility index (Phi) is 5.71. The first-order chi connectivity index (χ1) is 14.6. The van der Waals surface area contributed by atoms with Crippen LogP contribution in [0.25, 0.3) is 16.5 Å². The van der Waals surface area contributed by atoms with E-state index in [0.717, 1.165) is 35.4 Å². The van der Waals surface area contributed by atoms with E-state index < -0.39 is 0 Å². The fourth-order valence-electron chi connectivity index (χ4n) is 4.34. The van der Waals surface area contributed by atoms with E-state index >= 15 is 0 Å². The summed E-state index contributed by atoms with van der Waals surface area (Å²) in [6, 6.07) is 10.5. The Morgan fingerprint density at radius 3 is 2.90 bits per heavy atom. The fourth-order valence-corrected chi connectivity index (χ4v) is 4.34. The molecule has 2 aromatic heterocycles. The van der Waals surface area contributed by atoms with E-state index in [-0.39, 0.29) is 5.91 Å². The molecule has 1 amide bonds. The monoisotopic (exact) mass is 401 g/mol. The molecule has 6 heteroatoms. The van der Waals surface area contributed by atoms with Gasteiger partial charge in [-0.2, -0.15) is 10.4 Å². The van der Waals surface area contributed by atoms with Crippen LogP contribution in [0.3, 0.4) is 0 Å². The number of aromatic nitrogens is 3. The quantitative estimate of drug-likeness (QED) is 0.674. The first-order valence-electron chi connectivity index (χ1n) is 10.5. The van der Waals surface area contributed by atoms with E-state index in [9.17, 15) is 4.79 Å². The predicted molar refractivity (Wildman–Crippen MR) is 118 cm³/mol. The third-order valence-corrected chi connectivity index (χ3v) is 6.05. The van der Waals surface area contributed by atoms with Crippen LogP contribution in [-0.2, 0) is 17.8 Å². The SMILES string of the molecule is Cc1nn(CCC#N)c(C)c1CCC(=O)N1CC=C(c2c[nH]c3ccccc23)CC1. The maximum atomic E-state index is 12.8. The third kappa shape index (κ3) is 3.88. The van der Waals surface area contributed by atoms with E-state index in [1.807, 2.05) is 29.5 Å². The molecule has 0 spiro atoms. The van der Waals surface area contributed by atoms with Crippen molar-refractivity contribution in [2.75, 3.05) is 13.1 Å². The largest absolute Gasteiger partial charge is 0.361 e. The van der Waals surface area contributed by atoms with Crippen LogP contribution in [0.1, 0.15) is 41.8 Å². The molecule has 0 saturated heterocycles. The Morgan fingerprint density at radius 2 is 2.13 bits per heavy atom. The summed E-state index contributed by atoms with van der Waals surface area (Å²) in [5.41, 5.74) is 6.85. The van der Waals surface area contributed by atoms with Gasteiger partial charge in [0, 0.05) is 47.9 Å². The first kappa shape index (κ1) is 20.0. The Hall–Kier alpha value is -3.33. The number of hydrogen-bond acceptors (Lipinski definition) is 3. The zero-order valence-electron chi connectivity index (χ0n) is 17.6. The van der Waals surface area contributed by atoms with Gasteiger partial charge in [0.25, 0.3) is 0 Å². The van der Waals surface area contributed by atoms with Gasteiger partial charge in [-0.05, 0) is 43.9 Å². The van der Waals surface area contributed by atoms with Crippen LogP contribution in [0.15, 0.2) is 36.5 Å². The van der Waals surface area contributed by atoms with Crippen molar-refractivity contribution in [1.82, 2.24) is 19.7 Å². The molecule has 0 atom stereocenters. The standard InChI is InChI=1S/C24H27N5O/c1-17-20(18(2)29(27-17)13-5-12-25)8-9-24(30)28-14-10-19(11-15-28)22-16-26-23-7-4-3-6-21(22)23/h3-4,6-7,10,16,26H,5,8-9,11,13-15H2,1-2H3. The van der Waals surface area contributed by atoms with Gasteiger partial charge in [-0.15, -0.1) is 0 Å². The van der Waals surface area contributed by atoms with Crippen LogP contribution in [0.5, 0.6) is 0 Å². The number of rotatable bonds is 6. The predicted octanol–water partition coefficient (Wildman–Crippen LogP) is 4.14. The molecular weight excluding hydrogens is 374 g/mol. The molecule has 1 aliphatic heterocycles. The number of nitrogens with one attached hydrogen (secondary N) is 1. The number of para-hydroxylation sites is 1. The van der Waals surface area contributed by atoms with E-state index in [2.05, 4.69) is 46.6 Å². The molecule has 0 bridgehead atoms. The number of carbonyl (C=O) groups excluding carboxylic acids is 1. The molecule has 6 nitrogen and oxygen atoms in total. The van der Waals surface area contributed by atoms with Crippen molar-refractivity contribution in [1.29, 1.82) is 5.26 Å². The van der Waals surface area contributed by atoms with Crippen molar-refractivity contribution in [2.24, 2.45) is 0 Å². The molecular formula is C24H27N5O. The van der Waals surface area contributed by atoms with Crippen LogP contribution in [0, 0.1) is 25.2 Å². The zero-order valence-corrected chi connectivity index (χ0v) is 17.6. The summed E-state index contributed by atoms with van der Waals surface area (Å²) in [4.78, 5) is 18.1. The molecule has 1 aromatic carbocycles. The number of nitrogens with zero attached hydrogens (tertiary/aromatic N) is 4. The Balaban J connectivity index is 1.38. The number of hydrogen-bond donors (Lipinski definition) is 1. The number of nitriles is 1. The summed E-state index contributed by atoms with van der Waals surface area (Å²) in [6.07, 6.45) is 6.76. The van der Waals surface area contributed by atoms with Crippen molar-refractivity contribution in [3.8, 4) is 6.07 Å². The highest BCUT2D eigenvalue weighted by atomic mass is 16.2. The summed E-state index contributed by atoms with van der Waals surface area (Å²) in [7, 11) is 0. The van der Waals surface area contributed by atoms with Gasteiger partial charge in [0.15, 0.2) is 0 Å². The number of amides is 1. The highest BCUT2D eigenvalue weighted by Crippen LogP contribution is 2.29. The minimum Gasteiger partial charge on any atom is -0.361 e. The molecule has 1 aliphatic rings. The molecule has 154 valence electrons. The summed E-state index contributed by atoms with van der Waals surface area (Å²) in [5.74, 6) is 0.188. The number of aryl methyl sites for hydroxylation is 2. The number of carbonyl (C=O) groups is 1. The molecule has 0 saturated carbocycles. The van der Waals surface area contributed by atoms with Crippen LogP contribution >= 0.6 is 0 Å². The lowest BCUT2D eigenvalue weighted by Gasteiger charge is -2.26. The van der Waals surface area contributed by atoms with E-state index in [1.165, 1.54) is 16.5 Å². The second kappa shape index (κ2) is 8.58. The minimum atomic E-state index is 0.188. The third-order valence-electron chi connectivity index (χ3n) is 6.05. The van der Waals surface area contributed by atoms with Gasteiger partial charge < -0.3 is 9.88 Å². The summed E-state index contributed by atoms with van der Waals surface area (Å²) >= 11 is 0. The van der Waals surface area contributed by atoms with Crippen LogP contribution in [-0.4, -0.2) is 38.7 Å². The molecule has 0 radical (unpaired) electrons. The number of benzene rings is 1. The molecule has 3 heterocycles. The minimum absolute atomic E-state index is 0.188. The van der Waals surface area contributed by atoms with Gasteiger partial charge in [-0.1, -0.05) is 24.3 Å². The van der Waals surface area contributed by atoms with E-state index in [4.69, 9.17) is 5.26 Å². The van der Waals surface area contributed by atoms with Gasteiger partial charge in [0.05, 0.1) is 24.7 Å². The lowest BCUT2D eigenvalue weighted by atomic mass is 9.98. The van der Waals surface area contributed by atoms with E-state index in [0.29, 0.717) is 32.4 Å². The Bertz CT molecular complexity index is 1140. The topological polar surface area (TPSA) is 77.7 Å². The Morgan fingerprint density at radius 1 is 1.30 bits per heavy atom. The maximum absolute atomic E-state index is 12.8. The average Bonchev–Trinajstić information content (AvgIpc) is 3.31. The number of H-pyrrole nitrogens is 1. The normalized spacial score (nSPS) is 14.0. The lowest BCUT2D eigenvalue weighted by Crippen LogP contribution is -2.34. The number of aromatic amines is 1.